The molecule has 2 amide bonds. The van der Waals surface area contributed by atoms with Gasteiger partial charge in [0, 0.05) is 32.6 Å². The first-order valence-electron chi connectivity index (χ1n) is 6.84. The Morgan fingerprint density at radius 2 is 1.68 bits per heavy atom. The first-order valence-corrected chi connectivity index (χ1v) is 6.84. The van der Waals surface area contributed by atoms with Crippen LogP contribution in [0.1, 0.15) is 26.2 Å². The van der Waals surface area contributed by atoms with E-state index in [4.69, 9.17) is 5.11 Å². The van der Waals surface area contributed by atoms with Gasteiger partial charge in [0.2, 0.25) is 11.8 Å². The van der Waals surface area contributed by atoms with Crippen LogP contribution >= 0.6 is 0 Å². The van der Waals surface area contributed by atoms with Crippen molar-refractivity contribution in [3.05, 3.63) is 0 Å². The molecule has 1 saturated heterocycles. The highest BCUT2D eigenvalue weighted by Crippen LogP contribution is 2.40. The van der Waals surface area contributed by atoms with E-state index in [9.17, 15) is 14.4 Å². The van der Waals surface area contributed by atoms with Gasteiger partial charge in [-0.2, -0.15) is 0 Å². The van der Waals surface area contributed by atoms with Gasteiger partial charge in [0.1, 0.15) is 0 Å². The molecular formula is C13H20N2O4. The fourth-order valence-corrected chi connectivity index (χ4v) is 2.59. The number of carboxylic acid groups (broad SMARTS) is 1. The highest BCUT2D eigenvalue weighted by atomic mass is 16.4. The summed E-state index contributed by atoms with van der Waals surface area (Å²) in [5.41, 5.74) is 0. The molecule has 0 aromatic heterocycles. The van der Waals surface area contributed by atoms with Crippen LogP contribution in [-0.4, -0.2) is 58.9 Å². The van der Waals surface area contributed by atoms with Gasteiger partial charge in [0.15, 0.2) is 0 Å². The third-order valence-electron chi connectivity index (χ3n) is 3.89. The number of amides is 2. The SMILES string of the molecule is CCC(=O)N1CCCN(C(=O)C2CC2C(=O)O)CC1. The summed E-state index contributed by atoms with van der Waals surface area (Å²) >= 11 is 0. The fourth-order valence-electron chi connectivity index (χ4n) is 2.59. The second-order valence-electron chi connectivity index (χ2n) is 5.20. The summed E-state index contributed by atoms with van der Waals surface area (Å²) in [6, 6.07) is 0. The van der Waals surface area contributed by atoms with E-state index in [-0.39, 0.29) is 17.7 Å². The third-order valence-corrected chi connectivity index (χ3v) is 3.89. The van der Waals surface area contributed by atoms with Gasteiger partial charge in [-0.3, -0.25) is 14.4 Å². The Labute approximate surface area is 112 Å². The summed E-state index contributed by atoms with van der Waals surface area (Å²) < 4.78 is 0. The summed E-state index contributed by atoms with van der Waals surface area (Å²) in [5.74, 6) is -1.66. The number of carbonyl (C=O) groups is 3. The zero-order valence-corrected chi connectivity index (χ0v) is 11.2. The Bertz CT molecular complexity index is 396. The molecule has 19 heavy (non-hydrogen) atoms. The van der Waals surface area contributed by atoms with Crippen LogP contribution in [0.2, 0.25) is 0 Å². The maximum Gasteiger partial charge on any atom is 0.307 e. The van der Waals surface area contributed by atoms with Crippen LogP contribution in [-0.2, 0) is 14.4 Å². The fraction of sp³-hybridized carbons (Fsp3) is 0.769. The molecule has 0 aromatic carbocycles. The molecule has 1 aliphatic heterocycles. The molecule has 0 bridgehead atoms. The summed E-state index contributed by atoms with van der Waals surface area (Å²) in [6.07, 6.45) is 1.71. The van der Waals surface area contributed by atoms with Crippen molar-refractivity contribution in [3.63, 3.8) is 0 Å². The molecule has 6 nitrogen and oxygen atoms in total. The van der Waals surface area contributed by atoms with Gasteiger partial charge in [0.05, 0.1) is 11.8 Å². The molecule has 6 heteroatoms. The van der Waals surface area contributed by atoms with Crippen molar-refractivity contribution in [2.75, 3.05) is 26.2 Å². The van der Waals surface area contributed by atoms with Crippen molar-refractivity contribution < 1.29 is 19.5 Å². The van der Waals surface area contributed by atoms with Gasteiger partial charge in [-0.1, -0.05) is 6.92 Å². The molecule has 1 saturated carbocycles. The summed E-state index contributed by atoms with van der Waals surface area (Å²) in [6.45, 7) is 4.22. The molecule has 0 radical (unpaired) electrons. The van der Waals surface area contributed by atoms with Crippen molar-refractivity contribution >= 4 is 17.8 Å². The maximum absolute atomic E-state index is 12.1. The normalized spacial score (nSPS) is 26.8. The number of aliphatic carboxylic acids is 1. The lowest BCUT2D eigenvalue weighted by Crippen LogP contribution is -2.38. The van der Waals surface area contributed by atoms with E-state index >= 15 is 0 Å². The van der Waals surface area contributed by atoms with E-state index in [0.29, 0.717) is 39.0 Å². The molecule has 0 aromatic rings. The molecule has 106 valence electrons. The third kappa shape index (κ3) is 3.05. The largest absolute Gasteiger partial charge is 0.481 e. The van der Waals surface area contributed by atoms with E-state index in [0.717, 1.165) is 6.42 Å². The van der Waals surface area contributed by atoms with E-state index in [2.05, 4.69) is 0 Å². The first-order chi connectivity index (χ1) is 9.04. The second kappa shape index (κ2) is 5.59. The minimum absolute atomic E-state index is 0.0572. The smallest absolute Gasteiger partial charge is 0.307 e. The predicted octanol–water partition coefficient (Wildman–Crippen LogP) is 0.178. The molecule has 2 rings (SSSR count). The van der Waals surface area contributed by atoms with E-state index in [1.807, 2.05) is 6.92 Å². The first kappa shape index (κ1) is 13.8. The van der Waals surface area contributed by atoms with Crippen LogP contribution in [0, 0.1) is 11.8 Å². The minimum Gasteiger partial charge on any atom is -0.481 e. The second-order valence-corrected chi connectivity index (χ2v) is 5.20. The average molecular weight is 268 g/mol. The van der Waals surface area contributed by atoms with Crippen LogP contribution in [0.3, 0.4) is 0 Å². The summed E-state index contributed by atoms with van der Waals surface area (Å²) in [7, 11) is 0. The van der Waals surface area contributed by atoms with Crippen LogP contribution in [0.25, 0.3) is 0 Å². The van der Waals surface area contributed by atoms with E-state index in [1.54, 1.807) is 9.80 Å². The Morgan fingerprint density at radius 3 is 2.26 bits per heavy atom. The molecular weight excluding hydrogens is 248 g/mol. The summed E-state index contributed by atoms with van der Waals surface area (Å²) in [4.78, 5) is 38.1. The Kier molecular flexibility index (Phi) is 4.07. The number of hydrogen-bond donors (Lipinski definition) is 1. The number of carboxylic acids is 1. The topological polar surface area (TPSA) is 77.9 Å². The highest BCUT2D eigenvalue weighted by Gasteiger charge is 2.49. The van der Waals surface area contributed by atoms with Gasteiger partial charge in [-0.05, 0) is 12.8 Å². The molecule has 2 atom stereocenters. The zero-order chi connectivity index (χ0) is 14.0. The van der Waals surface area contributed by atoms with Crippen LogP contribution in [0.15, 0.2) is 0 Å². The number of hydrogen-bond acceptors (Lipinski definition) is 3. The minimum atomic E-state index is -0.879. The van der Waals surface area contributed by atoms with Gasteiger partial charge < -0.3 is 14.9 Å². The van der Waals surface area contributed by atoms with Crippen molar-refractivity contribution in [1.29, 1.82) is 0 Å². The van der Waals surface area contributed by atoms with Crippen LogP contribution in [0.4, 0.5) is 0 Å². The lowest BCUT2D eigenvalue weighted by Gasteiger charge is -2.22. The van der Waals surface area contributed by atoms with Crippen molar-refractivity contribution in [2.45, 2.75) is 26.2 Å². The predicted molar refractivity (Wildman–Crippen MR) is 67.3 cm³/mol. The quantitative estimate of drug-likeness (QED) is 0.792. The summed E-state index contributed by atoms with van der Waals surface area (Å²) in [5, 5.41) is 8.85. The molecule has 1 heterocycles. The van der Waals surface area contributed by atoms with Gasteiger partial charge in [-0.25, -0.2) is 0 Å². The van der Waals surface area contributed by atoms with Crippen LogP contribution in [0.5, 0.6) is 0 Å². The highest BCUT2D eigenvalue weighted by molar-refractivity contribution is 5.89. The van der Waals surface area contributed by atoms with Crippen molar-refractivity contribution in [1.82, 2.24) is 9.80 Å². The molecule has 2 aliphatic rings. The van der Waals surface area contributed by atoms with Crippen LogP contribution < -0.4 is 0 Å². The van der Waals surface area contributed by atoms with E-state index < -0.39 is 11.9 Å². The molecule has 1 aliphatic carbocycles. The molecule has 2 unspecified atom stereocenters. The van der Waals surface area contributed by atoms with Gasteiger partial charge >= 0.3 is 5.97 Å². The number of carbonyl (C=O) groups excluding carboxylic acids is 2. The molecule has 2 fully saturated rings. The standard InChI is InChI=1S/C13H20N2O4/c1-2-11(16)14-4-3-5-15(7-6-14)12(17)9-8-10(9)13(18)19/h9-10H,2-8H2,1H3,(H,18,19). The molecule has 1 N–H and O–H groups in total. The number of rotatable bonds is 3. The Morgan fingerprint density at radius 1 is 1.05 bits per heavy atom. The molecule has 0 spiro atoms. The van der Waals surface area contributed by atoms with Gasteiger partial charge in [-0.15, -0.1) is 0 Å². The Balaban J connectivity index is 1.88. The van der Waals surface area contributed by atoms with Crippen molar-refractivity contribution in [3.8, 4) is 0 Å². The van der Waals surface area contributed by atoms with E-state index in [1.165, 1.54) is 0 Å². The Hall–Kier alpha value is -1.59. The van der Waals surface area contributed by atoms with Crippen molar-refractivity contribution in [2.24, 2.45) is 11.8 Å². The number of nitrogens with zero attached hydrogens (tertiary/aromatic N) is 2. The maximum atomic E-state index is 12.1. The lowest BCUT2D eigenvalue weighted by molar-refractivity contribution is -0.142. The average Bonchev–Trinajstić information content (AvgIpc) is 3.19. The monoisotopic (exact) mass is 268 g/mol. The van der Waals surface area contributed by atoms with Gasteiger partial charge in [0.25, 0.3) is 0 Å². The zero-order valence-electron chi connectivity index (χ0n) is 11.2. The lowest BCUT2D eigenvalue weighted by atomic mass is 10.2.